The van der Waals surface area contributed by atoms with Crippen molar-refractivity contribution in [2.75, 3.05) is 26.7 Å². The predicted octanol–water partition coefficient (Wildman–Crippen LogP) is 1.28. The Morgan fingerprint density at radius 1 is 1.71 bits per heavy atom. The van der Waals surface area contributed by atoms with Crippen molar-refractivity contribution in [2.45, 2.75) is 19.4 Å². The maximum atomic E-state index is 4.64. The van der Waals surface area contributed by atoms with Crippen molar-refractivity contribution in [3.8, 4) is 0 Å². The van der Waals surface area contributed by atoms with Crippen molar-refractivity contribution in [1.82, 2.24) is 15.2 Å². The number of rotatable bonds is 2. The topological polar surface area (TPSA) is 28.2 Å². The molecule has 14 heavy (non-hydrogen) atoms. The number of hydrogen-bond acceptors (Lipinski definition) is 4. The Kier molecular flexibility index (Phi) is 3.15. The normalized spacial score (nSPS) is 24.0. The van der Waals surface area contributed by atoms with Crippen LogP contribution in [0.3, 0.4) is 0 Å². The van der Waals surface area contributed by atoms with Crippen LogP contribution < -0.4 is 5.32 Å². The molecule has 1 unspecified atom stereocenters. The van der Waals surface area contributed by atoms with Crippen molar-refractivity contribution in [1.29, 1.82) is 0 Å². The molecule has 1 N–H and O–H groups in total. The zero-order valence-corrected chi connectivity index (χ0v) is 9.60. The molecule has 1 aromatic heterocycles. The van der Waals surface area contributed by atoms with Gasteiger partial charge in [-0.1, -0.05) is 6.92 Å². The Bertz CT molecular complexity index is 297. The number of hydrogen-bond donors (Lipinski definition) is 1. The zero-order valence-electron chi connectivity index (χ0n) is 8.79. The number of nitrogens with one attached hydrogen (secondary N) is 1. The molecule has 3 nitrogen and oxygen atoms in total. The van der Waals surface area contributed by atoms with Crippen LogP contribution in [0, 0.1) is 0 Å². The molecule has 0 amide bonds. The van der Waals surface area contributed by atoms with Gasteiger partial charge in [-0.3, -0.25) is 4.90 Å². The first kappa shape index (κ1) is 10.1. The van der Waals surface area contributed by atoms with E-state index >= 15 is 0 Å². The number of aryl methyl sites for hydroxylation is 1. The second-order valence-electron chi connectivity index (χ2n) is 3.73. The molecule has 1 fully saturated rings. The summed E-state index contributed by atoms with van der Waals surface area (Å²) in [7, 11) is 2.18. The van der Waals surface area contributed by atoms with E-state index in [1.165, 1.54) is 10.7 Å². The molecule has 1 aliphatic rings. The summed E-state index contributed by atoms with van der Waals surface area (Å²) < 4.78 is 0. The van der Waals surface area contributed by atoms with E-state index in [9.17, 15) is 0 Å². The van der Waals surface area contributed by atoms with E-state index in [1.54, 1.807) is 11.3 Å². The van der Waals surface area contributed by atoms with Crippen molar-refractivity contribution in [3.05, 3.63) is 16.1 Å². The van der Waals surface area contributed by atoms with Crippen molar-refractivity contribution in [2.24, 2.45) is 0 Å². The highest BCUT2D eigenvalue weighted by atomic mass is 32.1. The van der Waals surface area contributed by atoms with Crippen LogP contribution >= 0.6 is 11.3 Å². The molecule has 0 saturated carbocycles. The number of nitrogens with zero attached hydrogens (tertiary/aromatic N) is 2. The van der Waals surface area contributed by atoms with Crippen LogP contribution in [-0.4, -0.2) is 36.6 Å². The Morgan fingerprint density at radius 2 is 2.57 bits per heavy atom. The summed E-state index contributed by atoms with van der Waals surface area (Å²) in [6.07, 6.45) is 1.04. The Balaban J connectivity index is 2.12. The van der Waals surface area contributed by atoms with Crippen LogP contribution in [0.1, 0.15) is 23.7 Å². The molecule has 1 atom stereocenters. The quantitative estimate of drug-likeness (QED) is 0.799. The Hall–Kier alpha value is -0.450. The maximum Gasteiger partial charge on any atom is 0.111 e. The van der Waals surface area contributed by atoms with E-state index in [-0.39, 0.29) is 0 Å². The van der Waals surface area contributed by atoms with Crippen molar-refractivity contribution in [3.63, 3.8) is 0 Å². The number of thiazole rings is 1. The minimum atomic E-state index is 0.481. The standard InChI is InChI=1S/C10H17N3S/c1-3-8-7-14-10(12-8)9-6-11-4-5-13(9)2/h7,9,11H,3-6H2,1-2H3. The van der Waals surface area contributed by atoms with Crippen molar-refractivity contribution >= 4 is 11.3 Å². The molecule has 4 heteroatoms. The minimum Gasteiger partial charge on any atom is -0.313 e. The van der Waals surface area contributed by atoms with E-state index in [2.05, 4.69) is 34.6 Å². The predicted molar refractivity (Wildman–Crippen MR) is 59.7 cm³/mol. The molecule has 2 heterocycles. The molecular weight excluding hydrogens is 194 g/mol. The number of piperazine rings is 1. The largest absolute Gasteiger partial charge is 0.313 e. The Labute approximate surface area is 89.1 Å². The smallest absolute Gasteiger partial charge is 0.111 e. The third kappa shape index (κ3) is 1.97. The van der Waals surface area contributed by atoms with Crippen LogP contribution in [0.5, 0.6) is 0 Å². The van der Waals surface area contributed by atoms with E-state index in [0.717, 1.165) is 26.1 Å². The summed E-state index contributed by atoms with van der Waals surface area (Å²) in [5, 5.41) is 6.86. The van der Waals surface area contributed by atoms with Gasteiger partial charge in [0.1, 0.15) is 5.01 Å². The summed E-state index contributed by atoms with van der Waals surface area (Å²) in [6, 6.07) is 0.481. The van der Waals surface area contributed by atoms with Gasteiger partial charge in [0.25, 0.3) is 0 Å². The Morgan fingerprint density at radius 3 is 3.21 bits per heavy atom. The molecule has 0 radical (unpaired) electrons. The zero-order chi connectivity index (χ0) is 9.97. The first-order valence-electron chi connectivity index (χ1n) is 5.16. The van der Waals surface area contributed by atoms with Gasteiger partial charge in [0.05, 0.1) is 11.7 Å². The lowest BCUT2D eigenvalue weighted by Crippen LogP contribution is -2.43. The summed E-state index contributed by atoms with van der Waals surface area (Å²) in [4.78, 5) is 7.02. The fourth-order valence-corrected chi connectivity index (χ4v) is 2.79. The van der Waals surface area contributed by atoms with E-state index in [4.69, 9.17) is 0 Å². The van der Waals surface area contributed by atoms with Crippen LogP contribution in [0.25, 0.3) is 0 Å². The molecule has 0 bridgehead atoms. The molecule has 1 saturated heterocycles. The van der Waals surface area contributed by atoms with Gasteiger partial charge in [0.2, 0.25) is 0 Å². The maximum absolute atomic E-state index is 4.64. The van der Waals surface area contributed by atoms with Gasteiger partial charge >= 0.3 is 0 Å². The third-order valence-electron chi connectivity index (χ3n) is 2.73. The molecule has 1 aromatic rings. The highest BCUT2D eigenvalue weighted by molar-refractivity contribution is 7.09. The van der Waals surface area contributed by atoms with E-state index in [0.29, 0.717) is 6.04 Å². The van der Waals surface area contributed by atoms with Crippen molar-refractivity contribution < 1.29 is 0 Å². The molecular formula is C10H17N3S. The highest BCUT2D eigenvalue weighted by Crippen LogP contribution is 2.24. The molecule has 1 aliphatic heterocycles. The molecule has 0 aromatic carbocycles. The van der Waals surface area contributed by atoms with E-state index < -0.39 is 0 Å². The number of aromatic nitrogens is 1. The highest BCUT2D eigenvalue weighted by Gasteiger charge is 2.22. The molecule has 78 valence electrons. The van der Waals surface area contributed by atoms with E-state index in [1.807, 2.05) is 0 Å². The number of likely N-dealkylation sites (N-methyl/N-ethyl adjacent to an activating group) is 1. The second-order valence-corrected chi connectivity index (χ2v) is 4.62. The summed E-state index contributed by atoms with van der Waals surface area (Å²) in [5.74, 6) is 0. The monoisotopic (exact) mass is 211 g/mol. The van der Waals surface area contributed by atoms with Gasteiger partial charge in [-0.25, -0.2) is 4.98 Å². The summed E-state index contributed by atoms with van der Waals surface area (Å²) in [5.41, 5.74) is 1.23. The lowest BCUT2D eigenvalue weighted by atomic mass is 10.2. The third-order valence-corrected chi connectivity index (χ3v) is 3.72. The molecule has 2 rings (SSSR count). The van der Waals surface area contributed by atoms with Crippen LogP contribution in [0.4, 0.5) is 0 Å². The van der Waals surface area contributed by atoms with Gasteiger partial charge in [0, 0.05) is 25.0 Å². The summed E-state index contributed by atoms with van der Waals surface area (Å²) >= 11 is 1.79. The average molecular weight is 211 g/mol. The fraction of sp³-hybridized carbons (Fsp3) is 0.700. The van der Waals surface area contributed by atoms with Gasteiger partial charge < -0.3 is 5.32 Å². The minimum absolute atomic E-state index is 0.481. The average Bonchev–Trinajstić information content (AvgIpc) is 2.67. The lowest BCUT2D eigenvalue weighted by molar-refractivity contribution is 0.202. The van der Waals surface area contributed by atoms with Gasteiger partial charge in [-0.05, 0) is 13.5 Å². The van der Waals surface area contributed by atoms with Crippen LogP contribution in [0.15, 0.2) is 5.38 Å². The molecule has 0 aliphatic carbocycles. The second kappa shape index (κ2) is 4.38. The fourth-order valence-electron chi connectivity index (χ4n) is 1.72. The van der Waals surface area contributed by atoms with Crippen LogP contribution in [-0.2, 0) is 6.42 Å². The first-order valence-corrected chi connectivity index (χ1v) is 6.04. The SMILES string of the molecule is CCc1csc(C2CNCCN2C)n1. The van der Waals surface area contributed by atoms with Gasteiger partial charge in [-0.15, -0.1) is 11.3 Å². The first-order chi connectivity index (χ1) is 6.81. The molecule has 0 spiro atoms. The summed E-state index contributed by atoms with van der Waals surface area (Å²) in [6.45, 7) is 5.40. The van der Waals surface area contributed by atoms with Crippen LogP contribution in [0.2, 0.25) is 0 Å². The lowest BCUT2D eigenvalue weighted by Gasteiger charge is -2.31. The van der Waals surface area contributed by atoms with Gasteiger partial charge in [0.15, 0.2) is 0 Å². The van der Waals surface area contributed by atoms with Gasteiger partial charge in [-0.2, -0.15) is 0 Å².